The molecule has 0 aliphatic heterocycles. The first-order chi connectivity index (χ1) is 24.6. The molecule has 0 saturated carbocycles. The van der Waals surface area contributed by atoms with Crippen molar-refractivity contribution in [1.29, 1.82) is 0 Å². The monoisotopic (exact) mass is 659 g/mol. The minimum absolute atomic E-state index is 0.0454. The predicted octanol–water partition coefficient (Wildman–Crippen LogP) is 8.65. The molecule has 0 saturated heterocycles. The van der Waals surface area contributed by atoms with E-state index >= 15 is 0 Å². The van der Waals surface area contributed by atoms with Gasteiger partial charge in [-0.05, 0) is 44.5 Å². The Morgan fingerprint density at radius 1 is 0.560 bits per heavy atom. The van der Waals surface area contributed by atoms with Gasteiger partial charge in [0.1, 0.15) is 18.8 Å². The summed E-state index contributed by atoms with van der Waals surface area (Å²) in [6.45, 7) is -0.0469. The Balaban J connectivity index is 1.16. The first kappa shape index (κ1) is 32.6. The Labute approximate surface area is 292 Å². The molecule has 6 aromatic rings. The van der Waals surface area contributed by atoms with Crippen molar-refractivity contribution in [2.75, 3.05) is 13.2 Å². The quantitative estimate of drug-likeness (QED) is 0.105. The lowest BCUT2D eigenvalue weighted by atomic mass is 9.80. The summed E-state index contributed by atoms with van der Waals surface area (Å²) in [5.41, 5.74) is 6.79. The number of hydrogen-bond donors (Lipinski definition) is 1. The van der Waals surface area contributed by atoms with Gasteiger partial charge in [-0.15, -0.1) is 0 Å². The van der Waals surface area contributed by atoms with Gasteiger partial charge in [0.05, 0.1) is 6.61 Å². The number of rotatable bonds is 12. The number of fused-ring (bicyclic) bond motifs is 3. The smallest absolute Gasteiger partial charge is 0.407 e. The molecule has 0 fully saturated rings. The molecule has 0 spiro atoms. The van der Waals surface area contributed by atoms with E-state index in [9.17, 15) is 9.59 Å². The van der Waals surface area contributed by atoms with Crippen LogP contribution in [0.4, 0.5) is 4.79 Å². The number of benzene rings is 6. The molecule has 0 bridgehead atoms. The van der Waals surface area contributed by atoms with Crippen molar-refractivity contribution in [3.63, 3.8) is 0 Å². The van der Waals surface area contributed by atoms with E-state index in [2.05, 4.69) is 29.6 Å². The fraction of sp³-hybridized carbons (Fsp3) is 0.136. The average Bonchev–Trinajstić information content (AvgIpc) is 3.51. The van der Waals surface area contributed by atoms with Crippen molar-refractivity contribution in [3.05, 3.63) is 203 Å². The number of carbonyl (C=O) groups excluding carboxylic acids is 2. The van der Waals surface area contributed by atoms with Crippen molar-refractivity contribution < 1.29 is 23.8 Å². The maximum Gasteiger partial charge on any atom is 0.407 e. The molecule has 0 aromatic heterocycles. The van der Waals surface area contributed by atoms with Crippen molar-refractivity contribution in [2.45, 2.75) is 24.2 Å². The fourth-order valence-corrected chi connectivity index (χ4v) is 6.76. The van der Waals surface area contributed by atoms with Gasteiger partial charge in [0.25, 0.3) is 0 Å². The van der Waals surface area contributed by atoms with Crippen LogP contribution in [0.2, 0.25) is 0 Å². The molecule has 248 valence electrons. The average molecular weight is 660 g/mol. The summed E-state index contributed by atoms with van der Waals surface area (Å²) >= 11 is 0. The predicted molar refractivity (Wildman–Crippen MR) is 193 cm³/mol. The topological polar surface area (TPSA) is 73.9 Å². The number of ether oxygens (including phenoxy) is 3. The van der Waals surface area contributed by atoms with Crippen LogP contribution in [0.1, 0.15) is 39.3 Å². The summed E-state index contributed by atoms with van der Waals surface area (Å²) in [6.07, 6.45) is -0.734. The summed E-state index contributed by atoms with van der Waals surface area (Å²) < 4.78 is 18.5. The molecule has 6 heteroatoms. The van der Waals surface area contributed by atoms with Crippen LogP contribution in [0.25, 0.3) is 11.1 Å². The first-order valence-corrected chi connectivity index (χ1v) is 16.8. The zero-order valence-corrected chi connectivity index (χ0v) is 27.5. The first-order valence-electron chi connectivity index (χ1n) is 16.8. The van der Waals surface area contributed by atoms with E-state index in [4.69, 9.17) is 14.2 Å². The van der Waals surface area contributed by atoms with E-state index in [1.807, 2.05) is 146 Å². The molecule has 6 aromatic carbocycles. The Bertz CT molecular complexity index is 1890. The number of amides is 1. The molecule has 1 N–H and O–H groups in total. The van der Waals surface area contributed by atoms with E-state index in [1.54, 1.807) is 0 Å². The zero-order valence-electron chi connectivity index (χ0n) is 27.5. The third-order valence-electron chi connectivity index (χ3n) is 9.15. The molecule has 1 atom stereocenters. The highest BCUT2D eigenvalue weighted by Gasteiger charge is 2.39. The number of alkyl carbamates (subject to hydrolysis) is 1. The van der Waals surface area contributed by atoms with Crippen LogP contribution in [-0.2, 0) is 31.2 Å². The van der Waals surface area contributed by atoms with Gasteiger partial charge in [-0.3, -0.25) is 0 Å². The van der Waals surface area contributed by atoms with E-state index in [-0.39, 0.29) is 25.7 Å². The molecule has 1 aliphatic rings. The second-order valence-electron chi connectivity index (χ2n) is 12.2. The number of esters is 1. The lowest BCUT2D eigenvalue weighted by Crippen LogP contribution is -2.47. The lowest BCUT2D eigenvalue weighted by Gasteiger charge is -2.37. The highest BCUT2D eigenvalue weighted by molar-refractivity contribution is 5.82. The van der Waals surface area contributed by atoms with Crippen molar-refractivity contribution in [1.82, 2.24) is 5.32 Å². The summed E-state index contributed by atoms with van der Waals surface area (Å²) in [4.78, 5) is 27.3. The highest BCUT2D eigenvalue weighted by atomic mass is 16.6. The molecule has 1 amide bonds. The molecule has 50 heavy (non-hydrogen) atoms. The van der Waals surface area contributed by atoms with E-state index in [1.165, 1.54) is 0 Å². The molecular formula is C44H37NO5. The van der Waals surface area contributed by atoms with Crippen LogP contribution in [0.15, 0.2) is 170 Å². The second kappa shape index (κ2) is 15.1. The third kappa shape index (κ3) is 6.79. The lowest BCUT2D eigenvalue weighted by molar-refractivity contribution is -0.150. The van der Waals surface area contributed by atoms with Gasteiger partial charge in [-0.1, -0.05) is 170 Å². The molecule has 0 heterocycles. The fourth-order valence-electron chi connectivity index (χ4n) is 6.76. The zero-order chi connectivity index (χ0) is 34.2. The van der Waals surface area contributed by atoms with Crippen LogP contribution < -0.4 is 5.32 Å². The Hall–Kier alpha value is -5.98. The summed E-state index contributed by atoms with van der Waals surface area (Å²) in [7, 11) is 0. The summed E-state index contributed by atoms with van der Waals surface area (Å²) in [5, 5.41) is 2.79. The van der Waals surface area contributed by atoms with E-state index in [0.717, 1.165) is 44.5 Å². The van der Waals surface area contributed by atoms with E-state index < -0.39 is 23.7 Å². The van der Waals surface area contributed by atoms with Gasteiger partial charge in [0.15, 0.2) is 6.04 Å². The van der Waals surface area contributed by atoms with Crippen LogP contribution >= 0.6 is 0 Å². The minimum Gasteiger partial charge on any atom is -0.459 e. The normalized spacial score (nSPS) is 12.7. The number of nitrogens with one attached hydrogen (secondary N) is 1. The Morgan fingerprint density at radius 2 is 1.00 bits per heavy atom. The largest absolute Gasteiger partial charge is 0.459 e. The van der Waals surface area contributed by atoms with Gasteiger partial charge >= 0.3 is 12.1 Å². The SMILES string of the molecule is O=C(N[C@@H](COC(c1ccccc1)(c1ccccc1)c1ccccc1)C(=O)OCc1ccccc1)OCC1c2ccccc2-c2ccccc21. The van der Waals surface area contributed by atoms with Crippen molar-refractivity contribution in [2.24, 2.45) is 0 Å². The maximum atomic E-state index is 13.8. The molecule has 0 radical (unpaired) electrons. The highest BCUT2D eigenvalue weighted by Crippen LogP contribution is 2.44. The van der Waals surface area contributed by atoms with Gasteiger partial charge in [-0.2, -0.15) is 0 Å². The van der Waals surface area contributed by atoms with E-state index in [0.29, 0.717) is 0 Å². The van der Waals surface area contributed by atoms with Crippen LogP contribution in [0.5, 0.6) is 0 Å². The molecular weight excluding hydrogens is 622 g/mol. The standard InChI is InChI=1S/C44H37NO5/c46-42(48-29-32-17-5-1-6-18-32)41(45-43(47)49-30-40-38-27-15-13-25-36(38)37-26-14-16-28-39(37)40)31-50-44(33-19-7-2-8-20-33,34-21-9-3-10-22-34)35-23-11-4-12-24-35/h1-28,40-41H,29-31H2,(H,45,47)/t41-/m0/s1. The van der Waals surface area contributed by atoms with Gasteiger partial charge in [0, 0.05) is 5.92 Å². The maximum absolute atomic E-state index is 13.8. The number of hydrogen-bond acceptors (Lipinski definition) is 5. The minimum atomic E-state index is -1.18. The van der Waals surface area contributed by atoms with Crippen LogP contribution in [0, 0.1) is 0 Å². The van der Waals surface area contributed by atoms with Crippen molar-refractivity contribution in [3.8, 4) is 11.1 Å². The van der Waals surface area contributed by atoms with Crippen LogP contribution in [-0.4, -0.2) is 31.3 Å². The van der Waals surface area contributed by atoms with Gasteiger partial charge in [0.2, 0.25) is 0 Å². The van der Waals surface area contributed by atoms with Crippen LogP contribution in [0.3, 0.4) is 0 Å². The Morgan fingerprint density at radius 3 is 1.50 bits per heavy atom. The van der Waals surface area contributed by atoms with Crippen molar-refractivity contribution >= 4 is 12.1 Å². The summed E-state index contributed by atoms with van der Waals surface area (Å²) in [5.74, 6) is -0.764. The number of carbonyl (C=O) groups is 2. The summed E-state index contributed by atoms with van der Waals surface area (Å²) in [6, 6.07) is 54.2. The van der Waals surface area contributed by atoms with Gasteiger partial charge < -0.3 is 19.5 Å². The molecule has 1 aliphatic carbocycles. The second-order valence-corrected chi connectivity index (χ2v) is 12.2. The molecule has 7 rings (SSSR count). The molecule has 6 nitrogen and oxygen atoms in total. The third-order valence-corrected chi connectivity index (χ3v) is 9.15. The molecule has 0 unspecified atom stereocenters. The Kier molecular flexibility index (Phi) is 9.81. The van der Waals surface area contributed by atoms with Gasteiger partial charge in [-0.25, -0.2) is 9.59 Å².